The Morgan fingerprint density at radius 1 is 0.968 bits per heavy atom. The second-order valence-corrected chi connectivity index (χ2v) is 8.49. The molecule has 0 saturated carbocycles. The van der Waals surface area contributed by atoms with E-state index < -0.39 is 18.0 Å². The molecule has 0 radical (unpaired) electrons. The van der Waals surface area contributed by atoms with Crippen molar-refractivity contribution >= 4 is 28.0 Å². The van der Waals surface area contributed by atoms with Crippen molar-refractivity contribution in [1.29, 1.82) is 0 Å². The number of halogens is 1. The number of aliphatic carboxylic acids is 1. The van der Waals surface area contributed by atoms with E-state index in [-0.39, 0.29) is 19.1 Å². The molecule has 1 amide bonds. The van der Waals surface area contributed by atoms with Gasteiger partial charge in [0.2, 0.25) is 0 Å². The zero-order chi connectivity index (χ0) is 21.8. The molecule has 2 N–H and O–H groups in total. The summed E-state index contributed by atoms with van der Waals surface area (Å²) in [6.07, 6.45) is -0.291. The fraction of sp³-hybridized carbons (Fsp3) is 0.200. The molecule has 0 spiro atoms. The van der Waals surface area contributed by atoms with Gasteiger partial charge in [0.15, 0.2) is 0 Å². The number of carbonyl (C=O) groups is 2. The lowest BCUT2D eigenvalue weighted by molar-refractivity contribution is -0.141. The average Bonchev–Trinajstić information content (AvgIpc) is 3.09. The minimum absolute atomic E-state index is 0.00147. The van der Waals surface area contributed by atoms with Crippen molar-refractivity contribution in [2.24, 2.45) is 5.92 Å². The first-order valence-electron chi connectivity index (χ1n) is 10.1. The highest BCUT2D eigenvalue weighted by atomic mass is 79.9. The number of carboxylic acids is 1. The molecular weight excluding hydrogens is 458 g/mol. The van der Waals surface area contributed by atoms with Crippen molar-refractivity contribution in [3.8, 4) is 11.1 Å². The number of amides is 1. The van der Waals surface area contributed by atoms with Crippen LogP contribution in [0.15, 0.2) is 77.3 Å². The number of nitrogens with one attached hydrogen (secondary N) is 1. The zero-order valence-electron chi connectivity index (χ0n) is 16.8. The molecule has 0 bridgehead atoms. The van der Waals surface area contributed by atoms with Crippen LogP contribution in [0.1, 0.15) is 22.6 Å². The first-order valence-corrected chi connectivity index (χ1v) is 10.9. The van der Waals surface area contributed by atoms with Crippen molar-refractivity contribution in [3.63, 3.8) is 0 Å². The topological polar surface area (TPSA) is 75.6 Å². The van der Waals surface area contributed by atoms with Crippen LogP contribution < -0.4 is 5.32 Å². The summed E-state index contributed by atoms with van der Waals surface area (Å²) in [7, 11) is 0. The molecule has 3 aromatic carbocycles. The minimum Gasteiger partial charge on any atom is -0.481 e. The molecule has 31 heavy (non-hydrogen) atoms. The van der Waals surface area contributed by atoms with Crippen LogP contribution in [0.4, 0.5) is 4.79 Å². The molecule has 0 unspecified atom stereocenters. The number of ether oxygens (including phenoxy) is 1. The lowest BCUT2D eigenvalue weighted by Gasteiger charge is -2.16. The maximum Gasteiger partial charge on any atom is 0.407 e. The van der Waals surface area contributed by atoms with E-state index in [1.165, 1.54) is 0 Å². The largest absolute Gasteiger partial charge is 0.481 e. The third-order valence-electron chi connectivity index (χ3n) is 5.56. The first-order chi connectivity index (χ1) is 15.0. The Balaban J connectivity index is 1.36. The lowest BCUT2D eigenvalue weighted by Crippen LogP contribution is -2.35. The van der Waals surface area contributed by atoms with Gasteiger partial charge in [0, 0.05) is 16.9 Å². The van der Waals surface area contributed by atoms with Crippen molar-refractivity contribution < 1.29 is 19.4 Å². The maximum atomic E-state index is 12.3. The van der Waals surface area contributed by atoms with Crippen LogP contribution in [0.3, 0.4) is 0 Å². The number of hydrogen-bond donors (Lipinski definition) is 2. The van der Waals surface area contributed by atoms with Crippen molar-refractivity contribution in [3.05, 3.63) is 94.0 Å². The highest BCUT2D eigenvalue weighted by Gasteiger charge is 2.29. The monoisotopic (exact) mass is 479 g/mol. The minimum atomic E-state index is -0.959. The Labute approximate surface area is 189 Å². The molecule has 5 nitrogen and oxygen atoms in total. The average molecular weight is 480 g/mol. The third kappa shape index (κ3) is 4.80. The Bertz CT molecular complexity index is 1070. The number of rotatable bonds is 7. The second kappa shape index (κ2) is 9.35. The fourth-order valence-corrected chi connectivity index (χ4v) is 4.50. The van der Waals surface area contributed by atoms with Gasteiger partial charge in [-0.3, -0.25) is 4.79 Å². The summed E-state index contributed by atoms with van der Waals surface area (Å²) in [6, 6.07) is 23.7. The van der Waals surface area contributed by atoms with Crippen molar-refractivity contribution in [1.82, 2.24) is 5.32 Å². The maximum absolute atomic E-state index is 12.3. The quantitative estimate of drug-likeness (QED) is 0.486. The summed E-state index contributed by atoms with van der Waals surface area (Å²) in [5.41, 5.74) is 5.47. The van der Waals surface area contributed by atoms with Gasteiger partial charge in [-0.1, -0.05) is 76.6 Å². The number of carboxylic acid groups (broad SMARTS) is 1. The van der Waals surface area contributed by atoms with E-state index in [1.54, 1.807) is 0 Å². The predicted octanol–water partition coefficient (Wildman–Crippen LogP) is 5.23. The molecule has 0 fully saturated rings. The molecule has 0 aromatic heterocycles. The van der Waals surface area contributed by atoms with Gasteiger partial charge < -0.3 is 15.2 Å². The molecule has 0 saturated heterocycles. The molecule has 158 valence electrons. The number of carbonyl (C=O) groups excluding carboxylic acids is 1. The van der Waals surface area contributed by atoms with Gasteiger partial charge in [-0.15, -0.1) is 0 Å². The Kier molecular flexibility index (Phi) is 6.37. The Morgan fingerprint density at radius 3 is 2.23 bits per heavy atom. The highest BCUT2D eigenvalue weighted by molar-refractivity contribution is 9.10. The highest BCUT2D eigenvalue weighted by Crippen LogP contribution is 2.44. The molecule has 0 aliphatic heterocycles. The summed E-state index contributed by atoms with van der Waals surface area (Å²) in [4.78, 5) is 24.0. The molecular formula is C25H22BrNO4. The summed E-state index contributed by atoms with van der Waals surface area (Å²) < 4.78 is 6.38. The van der Waals surface area contributed by atoms with E-state index in [9.17, 15) is 14.7 Å². The van der Waals surface area contributed by atoms with Crippen LogP contribution in [-0.2, 0) is 16.0 Å². The molecule has 0 heterocycles. The van der Waals surface area contributed by atoms with E-state index in [0.717, 1.165) is 32.3 Å². The van der Waals surface area contributed by atoms with Crippen LogP contribution in [-0.4, -0.2) is 30.3 Å². The van der Waals surface area contributed by atoms with Gasteiger partial charge in [0.1, 0.15) is 6.61 Å². The predicted molar refractivity (Wildman–Crippen MR) is 122 cm³/mol. The summed E-state index contributed by atoms with van der Waals surface area (Å²) in [6.45, 7) is 0.196. The Morgan fingerprint density at radius 2 is 1.61 bits per heavy atom. The van der Waals surface area contributed by atoms with Crippen LogP contribution >= 0.6 is 15.9 Å². The Hall–Kier alpha value is -3.12. The van der Waals surface area contributed by atoms with Gasteiger partial charge >= 0.3 is 12.1 Å². The van der Waals surface area contributed by atoms with Crippen LogP contribution in [0.2, 0.25) is 0 Å². The lowest BCUT2D eigenvalue weighted by atomic mass is 9.98. The SMILES string of the molecule is O=C(NC[C@H](Cc1cccc(Br)c1)C(=O)O)OCC1c2ccccc2-c2ccccc21. The van der Waals surface area contributed by atoms with Gasteiger partial charge in [-0.25, -0.2) is 4.79 Å². The second-order valence-electron chi connectivity index (χ2n) is 7.58. The number of hydrogen-bond acceptors (Lipinski definition) is 3. The summed E-state index contributed by atoms with van der Waals surface area (Å²) >= 11 is 3.39. The van der Waals surface area contributed by atoms with Crippen LogP contribution in [0.25, 0.3) is 11.1 Å². The number of alkyl carbamates (subject to hydrolysis) is 1. The number of fused-ring (bicyclic) bond motifs is 3. The van der Waals surface area contributed by atoms with E-state index >= 15 is 0 Å². The normalized spacial score (nSPS) is 13.2. The van der Waals surface area contributed by atoms with E-state index in [0.29, 0.717) is 6.42 Å². The van der Waals surface area contributed by atoms with Gasteiger partial charge in [0.05, 0.1) is 5.92 Å². The van der Waals surface area contributed by atoms with Crippen molar-refractivity contribution in [2.45, 2.75) is 12.3 Å². The molecule has 1 aliphatic rings. The molecule has 1 atom stereocenters. The van der Waals surface area contributed by atoms with Gasteiger partial charge in [-0.05, 0) is 46.4 Å². The molecule has 1 aliphatic carbocycles. The van der Waals surface area contributed by atoms with E-state index in [1.807, 2.05) is 48.5 Å². The standard InChI is InChI=1S/C25H22BrNO4/c26-18-7-5-6-16(13-18)12-17(24(28)29)14-27-25(30)31-15-23-21-10-3-1-8-19(21)20-9-2-4-11-22(20)23/h1-11,13,17,23H,12,14-15H2,(H,27,30)(H,28,29)/t17-/m0/s1. The van der Waals surface area contributed by atoms with E-state index in [4.69, 9.17) is 4.74 Å². The van der Waals surface area contributed by atoms with Gasteiger partial charge in [-0.2, -0.15) is 0 Å². The smallest absolute Gasteiger partial charge is 0.407 e. The van der Waals surface area contributed by atoms with Gasteiger partial charge in [0.25, 0.3) is 0 Å². The number of benzene rings is 3. The molecule has 3 aromatic rings. The van der Waals surface area contributed by atoms with Crippen LogP contribution in [0.5, 0.6) is 0 Å². The molecule has 4 rings (SSSR count). The first kappa shape index (κ1) is 21.1. The fourth-order valence-electron chi connectivity index (χ4n) is 4.05. The van der Waals surface area contributed by atoms with Crippen molar-refractivity contribution in [2.75, 3.05) is 13.2 Å². The third-order valence-corrected chi connectivity index (χ3v) is 6.05. The summed E-state index contributed by atoms with van der Waals surface area (Å²) in [5.74, 6) is -1.73. The van der Waals surface area contributed by atoms with E-state index in [2.05, 4.69) is 45.5 Å². The van der Waals surface area contributed by atoms with Crippen LogP contribution in [0, 0.1) is 5.92 Å². The summed E-state index contributed by atoms with van der Waals surface area (Å²) in [5, 5.41) is 12.2. The zero-order valence-corrected chi connectivity index (χ0v) is 18.3. The molecule has 6 heteroatoms.